The molecule has 4 aromatic rings. The van der Waals surface area contributed by atoms with E-state index in [2.05, 4.69) is 18.7 Å². The Bertz CT molecular complexity index is 1350. The zero-order chi connectivity index (χ0) is 23.9. The lowest BCUT2D eigenvalue weighted by atomic mass is 9.82. The Morgan fingerprint density at radius 1 is 0.971 bits per heavy atom. The summed E-state index contributed by atoms with van der Waals surface area (Å²) in [5.74, 6) is -0.0293. The van der Waals surface area contributed by atoms with Crippen LogP contribution in [0.5, 0.6) is 0 Å². The molecule has 1 aliphatic heterocycles. The highest BCUT2D eigenvalue weighted by atomic mass is 16.4. The molecular weight excluding hydrogens is 426 g/mol. The summed E-state index contributed by atoms with van der Waals surface area (Å²) in [6, 6.07) is 17.9. The van der Waals surface area contributed by atoms with Gasteiger partial charge in [0.2, 0.25) is 0 Å². The van der Waals surface area contributed by atoms with Crippen molar-refractivity contribution in [1.29, 1.82) is 0 Å². The maximum atomic E-state index is 11.7. The fraction of sp³-hybridized carbons (Fsp3) is 0.333. The molecule has 1 fully saturated rings. The third kappa shape index (κ3) is 4.25. The van der Waals surface area contributed by atoms with Crippen molar-refractivity contribution in [3.63, 3.8) is 0 Å². The summed E-state index contributed by atoms with van der Waals surface area (Å²) in [5.41, 5.74) is 5.83. The van der Waals surface area contributed by atoms with E-state index in [4.69, 9.17) is 15.1 Å². The first-order valence-electron chi connectivity index (χ1n) is 11.7. The van der Waals surface area contributed by atoms with Gasteiger partial charge in [-0.15, -0.1) is 0 Å². The summed E-state index contributed by atoms with van der Waals surface area (Å²) in [6.45, 7) is 8.17. The van der Waals surface area contributed by atoms with Crippen LogP contribution in [0.3, 0.4) is 0 Å². The van der Waals surface area contributed by atoms with Crippen molar-refractivity contribution < 1.29 is 9.90 Å². The molecule has 34 heavy (non-hydrogen) atoms. The van der Waals surface area contributed by atoms with Crippen molar-refractivity contribution in [2.75, 3.05) is 18.0 Å². The molecular formula is C27H29N5O2. The molecule has 7 heteroatoms. The van der Waals surface area contributed by atoms with Gasteiger partial charge < -0.3 is 10.0 Å². The predicted molar refractivity (Wildman–Crippen MR) is 133 cm³/mol. The van der Waals surface area contributed by atoms with Gasteiger partial charge in [0.1, 0.15) is 11.5 Å². The number of carboxylic acid groups (broad SMARTS) is 1. The number of aryl methyl sites for hydroxylation is 1. The molecule has 1 saturated heterocycles. The summed E-state index contributed by atoms with van der Waals surface area (Å²) in [4.78, 5) is 23.6. The highest BCUT2D eigenvalue weighted by Crippen LogP contribution is 2.35. The molecule has 0 spiro atoms. The van der Waals surface area contributed by atoms with Crippen LogP contribution in [-0.4, -0.2) is 43.7 Å². The molecule has 0 amide bonds. The lowest BCUT2D eigenvalue weighted by molar-refractivity contribution is -0.136. The first-order chi connectivity index (χ1) is 16.3. The number of hydrogen-bond acceptors (Lipinski definition) is 5. The van der Waals surface area contributed by atoms with E-state index >= 15 is 0 Å². The second-order valence-corrected chi connectivity index (χ2v) is 9.79. The molecule has 4 heterocycles. The van der Waals surface area contributed by atoms with Crippen LogP contribution >= 0.6 is 0 Å². The quantitative estimate of drug-likeness (QED) is 0.455. The Balaban J connectivity index is 1.62. The van der Waals surface area contributed by atoms with Crippen molar-refractivity contribution in [2.24, 2.45) is 5.41 Å². The number of aliphatic carboxylic acids is 1. The number of hydrogen-bond donors (Lipinski definition) is 1. The number of aromatic nitrogens is 4. The Morgan fingerprint density at radius 3 is 2.38 bits per heavy atom. The van der Waals surface area contributed by atoms with Crippen LogP contribution < -0.4 is 4.90 Å². The van der Waals surface area contributed by atoms with Gasteiger partial charge in [-0.25, -0.2) is 9.97 Å². The smallest absolute Gasteiger partial charge is 0.308 e. The molecule has 5 rings (SSSR count). The normalized spacial score (nSPS) is 15.6. The number of benzene rings is 1. The Kier molecular flexibility index (Phi) is 5.55. The molecule has 0 bridgehead atoms. The molecule has 0 unspecified atom stereocenters. The number of rotatable bonds is 5. The Labute approximate surface area is 199 Å². The van der Waals surface area contributed by atoms with E-state index in [-0.39, 0.29) is 11.8 Å². The summed E-state index contributed by atoms with van der Waals surface area (Å²) in [5, 5.41) is 14.5. The summed E-state index contributed by atoms with van der Waals surface area (Å²) in [7, 11) is 0. The highest BCUT2D eigenvalue weighted by Gasteiger charge is 2.29. The van der Waals surface area contributed by atoms with E-state index in [1.165, 1.54) is 0 Å². The lowest BCUT2D eigenvalue weighted by Gasteiger charge is -2.38. The van der Waals surface area contributed by atoms with Crippen LogP contribution in [0.1, 0.15) is 37.9 Å². The summed E-state index contributed by atoms with van der Waals surface area (Å²) < 4.78 is 1.82. The monoisotopic (exact) mass is 455 g/mol. The molecule has 0 aliphatic carbocycles. The average Bonchev–Trinajstić information content (AvgIpc) is 3.24. The van der Waals surface area contributed by atoms with E-state index in [1.54, 1.807) is 0 Å². The molecule has 0 atom stereocenters. The third-order valence-electron chi connectivity index (χ3n) is 6.71. The molecule has 1 aliphatic rings. The van der Waals surface area contributed by atoms with Crippen LogP contribution in [-0.2, 0) is 11.2 Å². The summed E-state index contributed by atoms with van der Waals surface area (Å²) in [6.07, 6.45) is 2.00. The fourth-order valence-corrected chi connectivity index (χ4v) is 4.61. The number of piperidine rings is 1. The van der Waals surface area contributed by atoms with Crippen molar-refractivity contribution in [1.82, 2.24) is 19.6 Å². The number of fused-ring (bicyclic) bond motifs is 1. The zero-order valence-corrected chi connectivity index (χ0v) is 19.8. The van der Waals surface area contributed by atoms with Gasteiger partial charge in [0.15, 0.2) is 5.65 Å². The van der Waals surface area contributed by atoms with Crippen LogP contribution in [0, 0.1) is 12.3 Å². The van der Waals surface area contributed by atoms with Crippen LogP contribution in [0.4, 0.5) is 5.82 Å². The third-order valence-corrected chi connectivity index (χ3v) is 6.71. The minimum atomic E-state index is -0.868. The SMILES string of the molecule is Cc1nc2cc(-c3cccc(-c4ccccc4)n3)nn2c(N2CCC(C)(C)CC2)c1CC(=O)O. The minimum absolute atomic E-state index is 0.0824. The van der Waals surface area contributed by atoms with Crippen molar-refractivity contribution >= 4 is 17.4 Å². The van der Waals surface area contributed by atoms with E-state index in [1.807, 2.05) is 66.0 Å². The predicted octanol–water partition coefficient (Wildman–Crippen LogP) is 5.02. The maximum Gasteiger partial charge on any atom is 0.308 e. The van der Waals surface area contributed by atoms with Crippen molar-refractivity contribution in [2.45, 2.75) is 40.0 Å². The number of anilines is 1. The highest BCUT2D eigenvalue weighted by molar-refractivity contribution is 5.75. The molecule has 174 valence electrons. The average molecular weight is 456 g/mol. The van der Waals surface area contributed by atoms with Gasteiger partial charge in [0.05, 0.1) is 17.8 Å². The molecule has 0 saturated carbocycles. The largest absolute Gasteiger partial charge is 0.481 e. The Morgan fingerprint density at radius 2 is 1.68 bits per heavy atom. The van der Waals surface area contributed by atoms with Gasteiger partial charge in [0, 0.05) is 36.0 Å². The van der Waals surface area contributed by atoms with Crippen LogP contribution in [0.15, 0.2) is 54.6 Å². The second-order valence-electron chi connectivity index (χ2n) is 9.79. The molecule has 0 radical (unpaired) electrons. The number of nitrogens with zero attached hydrogens (tertiary/aromatic N) is 5. The first-order valence-corrected chi connectivity index (χ1v) is 11.7. The molecule has 7 nitrogen and oxygen atoms in total. The van der Waals surface area contributed by atoms with Crippen molar-refractivity contribution in [3.05, 3.63) is 65.9 Å². The molecule has 1 N–H and O–H groups in total. The van der Waals surface area contributed by atoms with Crippen molar-refractivity contribution in [3.8, 4) is 22.6 Å². The van der Waals surface area contributed by atoms with E-state index in [0.29, 0.717) is 5.65 Å². The van der Waals surface area contributed by atoms with E-state index < -0.39 is 5.97 Å². The maximum absolute atomic E-state index is 11.7. The molecule has 1 aromatic carbocycles. The van der Waals surface area contributed by atoms with Gasteiger partial charge in [-0.05, 0) is 37.3 Å². The molecule has 3 aromatic heterocycles. The van der Waals surface area contributed by atoms with E-state index in [9.17, 15) is 9.90 Å². The van der Waals surface area contributed by atoms with Gasteiger partial charge in [-0.3, -0.25) is 4.79 Å². The number of carboxylic acids is 1. The van der Waals surface area contributed by atoms with Gasteiger partial charge >= 0.3 is 5.97 Å². The Hall–Kier alpha value is -3.74. The number of pyridine rings is 1. The number of carbonyl (C=O) groups is 1. The van der Waals surface area contributed by atoms with E-state index in [0.717, 1.165) is 65.7 Å². The zero-order valence-electron chi connectivity index (χ0n) is 19.8. The second kappa shape index (κ2) is 8.56. The van der Waals surface area contributed by atoms with Crippen LogP contribution in [0.25, 0.3) is 28.3 Å². The van der Waals surface area contributed by atoms with Gasteiger partial charge in [-0.1, -0.05) is 50.2 Å². The standard InChI is InChI=1S/C27H29N5O2/c1-18-20(16-25(33)34)26(31-14-12-27(2,3)13-15-31)32-24(28-18)17-23(30-32)22-11-7-10-21(29-22)19-8-5-4-6-9-19/h4-11,17H,12-16H2,1-3H3,(H,33,34). The topological polar surface area (TPSA) is 83.6 Å². The van der Waals surface area contributed by atoms with Gasteiger partial charge in [-0.2, -0.15) is 9.61 Å². The minimum Gasteiger partial charge on any atom is -0.481 e. The van der Waals surface area contributed by atoms with Crippen LogP contribution in [0.2, 0.25) is 0 Å². The fourth-order valence-electron chi connectivity index (χ4n) is 4.61. The summed E-state index contributed by atoms with van der Waals surface area (Å²) >= 11 is 0. The first kappa shape index (κ1) is 22.1. The van der Waals surface area contributed by atoms with Gasteiger partial charge in [0.25, 0.3) is 0 Å². The lowest BCUT2D eigenvalue weighted by Crippen LogP contribution is -2.39.